The Bertz CT molecular complexity index is 488. The molecule has 1 rings (SSSR count). The van der Waals surface area contributed by atoms with Gasteiger partial charge in [-0.05, 0) is 24.1 Å². The summed E-state index contributed by atoms with van der Waals surface area (Å²) in [5.74, 6) is 0. The highest BCUT2D eigenvalue weighted by molar-refractivity contribution is 6.42. The summed E-state index contributed by atoms with van der Waals surface area (Å²) in [5, 5.41) is 18.5. The van der Waals surface area contributed by atoms with E-state index < -0.39 is 4.87 Å². The second-order valence-corrected chi connectivity index (χ2v) is 5.20. The highest BCUT2D eigenvalue weighted by atomic mass is 35.5. The van der Waals surface area contributed by atoms with Gasteiger partial charge in [0.2, 0.25) is 0 Å². The first-order valence-corrected chi connectivity index (χ1v) is 6.05. The Morgan fingerprint density at radius 2 is 1.88 bits per heavy atom. The zero-order valence-corrected chi connectivity index (χ0v) is 11.1. The minimum Gasteiger partial charge on any atom is -0.198 e. The van der Waals surface area contributed by atoms with Crippen LogP contribution in [-0.2, 0) is 6.42 Å². The van der Waals surface area contributed by atoms with Gasteiger partial charge in [0.25, 0.3) is 0 Å². The summed E-state index contributed by atoms with van der Waals surface area (Å²) in [6.07, 6.45) is 0.907. The number of halogens is 3. The molecular formula is C12H9Cl3N2. The predicted molar refractivity (Wildman–Crippen MR) is 69.2 cm³/mol. The summed E-state index contributed by atoms with van der Waals surface area (Å²) in [4.78, 5) is -1.06. The molecule has 2 nitrogen and oxygen atoms in total. The Morgan fingerprint density at radius 1 is 1.18 bits per heavy atom. The number of nitriles is 2. The highest BCUT2D eigenvalue weighted by Gasteiger charge is 2.27. The number of alkyl halides is 1. The second kappa shape index (κ2) is 6.12. The van der Waals surface area contributed by atoms with E-state index in [1.807, 2.05) is 12.1 Å². The lowest BCUT2D eigenvalue weighted by atomic mass is 9.95. The number of benzene rings is 1. The zero-order valence-electron chi connectivity index (χ0n) is 8.88. The van der Waals surface area contributed by atoms with Gasteiger partial charge in [0.1, 0.15) is 4.87 Å². The van der Waals surface area contributed by atoms with Crippen LogP contribution >= 0.6 is 34.8 Å². The van der Waals surface area contributed by atoms with E-state index in [1.165, 1.54) is 0 Å². The Morgan fingerprint density at radius 3 is 2.41 bits per heavy atom. The van der Waals surface area contributed by atoms with E-state index in [-0.39, 0.29) is 6.42 Å². The monoisotopic (exact) mass is 286 g/mol. The fraction of sp³-hybridized carbons (Fsp3) is 0.333. The maximum absolute atomic E-state index is 9.05. The van der Waals surface area contributed by atoms with Gasteiger partial charge in [0.05, 0.1) is 22.2 Å². The lowest BCUT2D eigenvalue weighted by molar-refractivity contribution is 0.650. The van der Waals surface area contributed by atoms with E-state index in [0.717, 1.165) is 5.56 Å². The zero-order chi connectivity index (χ0) is 12.9. The van der Waals surface area contributed by atoms with Crippen molar-refractivity contribution in [3.63, 3.8) is 0 Å². The molecule has 0 saturated carbocycles. The smallest absolute Gasteiger partial charge is 0.136 e. The van der Waals surface area contributed by atoms with Gasteiger partial charge in [0, 0.05) is 12.8 Å². The van der Waals surface area contributed by atoms with Crippen molar-refractivity contribution in [2.45, 2.75) is 24.1 Å². The summed E-state index contributed by atoms with van der Waals surface area (Å²) < 4.78 is 0. The Kier molecular flexibility index (Phi) is 5.09. The van der Waals surface area contributed by atoms with Crippen molar-refractivity contribution in [1.82, 2.24) is 0 Å². The van der Waals surface area contributed by atoms with Crippen LogP contribution in [0, 0.1) is 22.7 Å². The molecule has 0 bridgehead atoms. The molecule has 5 heteroatoms. The number of hydrogen-bond acceptors (Lipinski definition) is 2. The first-order chi connectivity index (χ1) is 8.00. The minimum atomic E-state index is -1.06. The minimum absolute atomic E-state index is 0.248. The lowest BCUT2D eigenvalue weighted by Crippen LogP contribution is -2.22. The van der Waals surface area contributed by atoms with E-state index in [2.05, 4.69) is 0 Å². The third-order valence-corrected chi connectivity index (χ3v) is 3.45. The number of rotatable bonds is 4. The Hall–Kier alpha value is -0.930. The number of nitrogens with zero attached hydrogens (tertiary/aromatic N) is 2. The van der Waals surface area contributed by atoms with E-state index in [0.29, 0.717) is 22.9 Å². The average molecular weight is 288 g/mol. The first kappa shape index (κ1) is 14.1. The molecule has 0 aliphatic rings. The van der Waals surface area contributed by atoms with Crippen molar-refractivity contribution in [3.8, 4) is 12.1 Å². The Labute approximate surface area is 115 Å². The van der Waals surface area contributed by atoms with Gasteiger partial charge in [-0.3, -0.25) is 0 Å². The van der Waals surface area contributed by atoms with Gasteiger partial charge in [-0.15, -0.1) is 11.6 Å². The topological polar surface area (TPSA) is 47.6 Å². The van der Waals surface area contributed by atoms with E-state index in [9.17, 15) is 0 Å². The quantitative estimate of drug-likeness (QED) is 0.773. The van der Waals surface area contributed by atoms with Crippen molar-refractivity contribution >= 4 is 34.8 Å². The molecule has 0 radical (unpaired) electrons. The third-order valence-electron chi connectivity index (χ3n) is 2.30. The van der Waals surface area contributed by atoms with Crippen LogP contribution in [0.15, 0.2) is 18.2 Å². The van der Waals surface area contributed by atoms with Crippen molar-refractivity contribution in [2.75, 3.05) is 0 Å². The summed E-state index contributed by atoms with van der Waals surface area (Å²) in [6, 6.07) is 9.14. The van der Waals surface area contributed by atoms with Crippen LogP contribution in [0.1, 0.15) is 18.4 Å². The van der Waals surface area contributed by atoms with Crippen LogP contribution in [0.25, 0.3) is 0 Å². The maximum Gasteiger partial charge on any atom is 0.136 e. The molecule has 0 amide bonds. The second-order valence-electron chi connectivity index (χ2n) is 3.66. The summed E-state index contributed by atoms with van der Waals surface area (Å²) in [6.45, 7) is 0. The first-order valence-electron chi connectivity index (χ1n) is 4.92. The van der Waals surface area contributed by atoms with Crippen LogP contribution in [0.5, 0.6) is 0 Å². The van der Waals surface area contributed by atoms with Crippen molar-refractivity contribution in [1.29, 1.82) is 10.5 Å². The van der Waals surface area contributed by atoms with Gasteiger partial charge >= 0.3 is 0 Å². The molecular weight excluding hydrogens is 279 g/mol. The van der Waals surface area contributed by atoms with Gasteiger partial charge in [-0.1, -0.05) is 29.3 Å². The predicted octanol–water partition coefficient (Wildman–Crippen LogP) is 4.34. The van der Waals surface area contributed by atoms with Crippen molar-refractivity contribution < 1.29 is 0 Å². The van der Waals surface area contributed by atoms with Crippen LogP contribution in [0.4, 0.5) is 0 Å². The molecule has 0 aliphatic carbocycles. The summed E-state index contributed by atoms with van der Waals surface area (Å²) in [5.41, 5.74) is 0.828. The van der Waals surface area contributed by atoms with Gasteiger partial charge in [-0.25, -0.2) is 0 Å². The molecule has 1 unspecified atom stereocenters. The molecule has 0 fully saturated rings. The van der Waals surface area contributed by atoms with Crippen molar-refractivity contribution in [2.24, 2.45) is 0 Å². The molecule has 0 saturated heterocycles. The van der Waals surface area contributed by atoms with Gasteiger partial charge < -0.3 is 0 Å². The van der Waals surface area contributed by atoms with Crippen molar-refractivity contribution in [3.05, 3.63) is 33.8 Å². The maximum atomic E-state index is 9.05. The van der Waals surface area contributed by atoms with Crippen LogP contribution in [0.2, 0.25) is 10.0 Å². The standard InChI is InChI=1S/C12H9Cl3N2/c13-10-3-2-9(6-11(10)14)7-12(15,8-17)4-1-5-16/h2-3,6H,1,4,7H2. The largest absolute Gasteiger partial charge is 0.198 e. The fourth-order valence-electron chi connectivity index (χ4n) is 1.41. The van der Waals surface area contributed by atoms with Crippen LogP contribution in [-0.4, -0.2) is 4.87 Å². The lowest BCUT2D eigenvalue weighted by Gasteiger charge is -2.17. The molecule has 0 aliphatic heterocycles. The molecule has 1 aromatic rings. The van der Waals surface area contributed by atoms with E-state index in [1.54, 1.807) is 18.2 Å². The fourth-order valence-corrected chi connectivity index (χ4v) is 1.98. The van der Waals surface area contributed by atoms with E-state index >= 15 is 0 Å². The molecule has 88 valence electrons. The van der Waals surface area contributed by atoms with Gasteiger partial charge in [-0.2, -0.15) is 10.5 Å². The van der Waals surface area contributed by atoms with E-state index in [4.69, 9.17) is 45.3 Å². The van der Waals surface area contributed by atoms with Crippen LogP contribution < -0.4 is 0 Å². The molecule has 0 aromatic heterocycles. The molecule has 0 heterocycles. The molecule has 0 spiro atoms. The normalized spacial score (nSPS) is 13.5. The SMILES string of the molecule is N#CCCC(Cl)(C#N)Cc1ccc(Cl)c(Cl)c1. The Balaban J connectivity index is 2.85. The third kappa shape index (κ3) is 4.10. The average Bonchev–Trinajstić information content (AvgIpc) is 2.31. The molecule has 1 atom stereocenters. The van der Waals surface area contributed by atoms with Crippen LogP contribution in [0.3, 0.4) is 0 Å². The van der Waals surface area contributed by atoms with Gasteiger partial charge in [0.15, 0.2) is 0 Å². The molecule has 17 heavy (non-hydrogen) atoms. The molecule has 0 N–H and O–H groups in total. The summed E-state index contributed by atoms with van der Waals surface area (Å²) >= 11 is 17.8. The number of hydrogen-bond donors (Lipinski definition) is 0. The molecule has 1 aromatic carbocycles. The summed E-state index contributed by atoms with van der Waals surface area (Å²) in [7, 11) is 0. The highest BCUT2D eigenvalue weighted by Crippen LogP contribution is 2.29.